The molecule has 1 fully saturated rings. The Morgan fingerprint density at radius 1 is 1.32 bits per heavy atom. The summed E-state index contributed by atoms with van der Waals surface area (Å²) in [7, 11) is 0. The maximum atomic E-state index is 5.75. The lowest BCUT2D eigenvalue weighted by molar-refractivity contribution is 0.296. The number of nitrogens with one attached hydrogen (secondary N) is 1. The Morgan fingerprint density at radius 2 is 2.11 bits per heavy atom. The summed E-state index contributed by atoms with van der Waals surface area (Å²) in [6, 6.07) is 4.83. The molecule has 2 aliphatic rings. The van der Waals surface area contributed by atoms with Gasteiger partial charge in [-0.1, -0.05) is 0 Å². The zero-order valence-electron chi connectivity index (χ0n) is 11.2. The van der Waals surface area contributed by atoms with Crippen molar-refractivity contribution >= 4 is 15.9 Å². The summed E-state index contributed by atoms with van der Waals surface area (Å²) in [5.41, 5.74) is 1.24. The van der Waals surface area contributed by atoms with Crippen LogP contribution in [0.15, 0.2) is 16.6 Å². The third kappa shape index (κ3) is 3.23. The second kappa shape index (κ2) is 5.71. The molecule has 1 aliphatic carbocycles. The van der Waals surface area contributed by atoms with Crippen molar-refractivity contribution < 1.29 is 9.47 Å². The molecule has 1 N–H and O–H groups in total. The normalized spacial score (nSPS) is 19.9. The van der Waals surface area contributed by atoms with Crippen LogP contribution in [-0.4, -0.2) is 19.3 Å². The molecule has 0 bridgehead atoms. The summed E-state index contributed by atoms with van der Waals surface area (Å²) in [6.45, 7) is 4.61. The minimum atomic E-state index is 0.606. The molecule has 1 aliphatic heterocycles. The van der Waals surface area contributed by atoms with E-state index in [2.05, 4.69) is 40.3 Å². The fraction of sp³-hybridized carbons (Fsp3) is 0.600. The first-order chi connectivity index (χ1) is 9.24. The van der Waals surface area contributed by atoms with Gasteiger partial charge in [0.1, 0.15) is 0 Å². The molecule has 0 saturated heterocycles. The summed E-state index contributed by atoms with van der Waals surface area (Å²) in [5, 5.41) is 3.59. The van der Waals surface area contributed by atoms with E-state index in [9.17, 15) is 0 Å². The summed E-state index contributed by atoms with van der Waals surface area (Å²) in [4.78, 5) is 0. The van der Waals surface area contributed by atoms with Crippen molar-refractivity contribution in [2.45, 2.75) is 38.8 Å². The second-order valence-corrected chi connectivity index (χ2v) is 6.32. The van der Waals surface area contributed by atoms with Crippen LogP contribution in [0.25, 0.3) is 0 Å². The second-order valence-electron chi connectivity index (χ2n) is 5.46. The highest BCUT2D eigenvalue weighted by atomic mass is 79.9. The van der Waals surface area contributed by atoms with Crippen molar-refractivity contribution in [1.82, 2.24) is 5.32 Å². The van der Waals surface area contributed by atoms with Crippen LogP contribution >= 0.6 is 15.9 Å². The standard InChI is InChI=1S/C15H20BrNO2/c1-10(12-3-4-12)17-9-11-7-13(16)15-14(8-11)18-5-2-6-19-15/h7-8,10,12,17H,2-6,9H2,1H3. The van der Waals surface area contributed by atoms with E-state index in [4.69, 9.17) is 9.47 Å². The molecule has 0 radical (unpaired) electrons. The molecule has 1 aromatic carbocycles. The highest BCUT2D eigenvalue weighted by molar-refractivity contribution is 9.10. The van der Waals surface area contributed by atoms with Gasteiger partial charge >= 0.3 is 0 Å². The van der Waals surface area contributed by atoms with Crippen LogP contribution < -0.4 is 14.8 Å². The van der Waals surface area contributed by atoms with Crippen LogP contribution in [0.5, 0.6) is 11.5 Å². The Bertz CT molecular complexity index is 460. The number of hydrogen-bond donors (Lipinski definition) is 1. The van der Waals surface area contributed by atoms with Crippen molar-refractivity contribution in [1.29, 1.82) is 0 Å². The van der Waals surface area contributed by atoms with Crippen molar-refractivity contribution in [3.8, 4) is 11.5 Å². The van der Waals surface area contributed by atoms with Gasteiger partial charge in [-0.25, -0.2) is 0 Å². The van der Waals surface area contributed by atoms with Crippen molar-refractivity contribution in [3.05, 3.63) is 22.2 Å². The van der Waals surface area contributed by atoms with E-state index < -0.39 is 0 Å². The van der Waals surface area contributed by atoms with Gasteiger partial charge in [-0.15, -0.1) is 0 Å². The Balaban J connectivity index is 1.71. The minimum absolute atomic E-state index is 0.606. The topological polar surface area (TPSA) is 30.5 Å². The average Bonchev–Trinajstić information content (AvgIpc) is 3.22. The summed E-state index contributed by atoms with van der Waals surface area (Å²) in [6.07, 6.45) is 3.69. The van der Waals surface area contributed by atoms with Gasteiger partial charge in [0, 0.05) is 19.0 Å². The van der Waals surface area contributed by atoms with Crippen molar-refractivity contribution in [2.75, 3.05) is 13.2 Å². The van der Waals surface area contributed by atoms with Crippen LogP contribution in [0.3, 0.4) is 0 Å². The van der Waals surface area contributed by atoms with Crippen LogP contribution in [0.4, 0.5) is 0 Å². The molecule has 1 atom stereocenters. The van der Waals surface area contributed by atoms with E-state index in [1.54, 1.807) is 0 Å². The largest absolute Gasteiger partial charge is 0.490 e. The summed E-state index contributed by atoms with van der Waals surface area (Å²) >= 11 is 3.58. The number of halogens is 1. The van der Waals surface area contributed by atoms with Crippen LogP contribution in [-0.2, 0) is 6.54 Å². The third-order valence-corrected chi connectivity index (χ3v) is 4.41. The quantitative estimate of drug-likeness (QED) is 0.919. The molecule has 1 aromatic rings. The number of fused-ring (bicyclic) bond motifs is 1. The molecule has 0 aromatic heterocycles. The number of benzene rings is 1. The summed E-state index contributed by atoms with van der Waals surface area (Å²) in [5.74, 6) is 2.59. The van der Waals surface area contributed by atoms with Gasteiger partial charge in [0.05, 0.1) is 17.7 Å². The van der Waals surface area contributed by atoms with E-state index in [1.807, 2.05) is 0 Å². The molecular formula is C15H20BrNO2. The number of hydrogen-bond acceptors (Lipinski definition) is 3. The zero-order valence-corrected chi connectivity index (χ0v) is 12.8. The van der Waals surface area contributed by atoms with Gasteiger partial charge in [-0.3, -0.25) is 0 Å². The van der Waals surface area contributed by atoms with Crippen molar-refractivity contribution in [3.63, 3.8) is 0 Å². The molecular weight excluding hydrogens is 306 g/mol. The molecule has 4 heteroatoms. The fourth-order valence-corrected chi connectivity index (χ4v) is 3.03. The van der Waals surface area contributed by atoms with E-state index in [0.717, 1.165) is 48.1 Å². The molecule has 3 rings (SSSR count). The first-order valence-corrected chi connectivity index (χ1v) is 7.85. The van der Waals surface area contributed by atoms with Crippen LogP contribution in [0, 0.1) is 5.92 Å². The Kier molecular flexibility index (Phi) is 3.99. The monoisotopic (exact) mass is 325 g/mol. The van der Waals surface area contributed by atoms with E-state index in [1.165, 1.54) is 18.4 Å². The van der Waals surface area contributed by atoms with E-state index >= 15 is 0 Å². The van der Waals surface area contributed by atoms with Gasteiger partial charge in [0.25, 0.3) is 0 Å². The molecule has 1 heterocycles. The molecule has 0 amide bonds. The molecule has 0 spiro atoms. The maximum Gasteiger partial charge on any atom is 0.175 e. The first kappa shape index (κ1) is 13.3. The van der Waals surface area contributed by atoms with Gasteiger partial charge in [0.15, 0.2) is 11.5 Å². The fourth-order valence-electron chi connectivity index (χ4n) is 2.43. The summed E-state index contributed by atoms with van der Waals surface area (Å²) < 4.78 is 12.5. The lowest BCUT2D eigenvalue weighted by Gasteiger charge is -2.15. The number of ether oxygens (including phenoxy) is 2. The highest BCUT2D eigenvalue weighted by Crippen LogP contribution is 2.38. The Labute approximate surface area is 122 Å². The average molecular weight is 326 g/mol. The lowest BCUT2D eigenvalue weighted by Crippen LogP contribution is -2.27. The molecule has 104 valence electrons. The Morgan fingerprint density at radius 3 is 2.89 bits per heavy atom. The van der Waals surface area contributed by atoms with E-state index in [-0.39, 0.29) is 0 Å². The Hall–Kier alpha value is -0.740. The maximum absolute atomic E-state index is 5.75. The first-order valence-electron chi connectivity index (χ1n) is 7.05. The molecule has 1 unspecified atom stereocenters. The smallest absolute Gasteiger partial charge is 0.175 e. The van der Waals surface area contributed by atoms with Gasteiger partial charge in [0.2, 0.25) is 0 Å². The number of rotatable bonds is 4. The van der Waals surface area contributed by atoms with Gasteiger partial charge < -0.3 is 14.8 Å². The molecule has 3 nitrogen and oxygen atoms in total. The van der Waals surface area contributed by atoms with E-state index in [0.29, 0.717) is 6.04 Å². The predicted molar refractivity (Wildman–Crippen MR) is 78.8 cm³/mol. The van der Waals surface area contributed by atoms with Crippen molar-refractivity contribution in [2.24, 2.45) is 5.92 Å². The highest BCUT2D eigenvalue weighted by Gasteiger charge is 2.27. The predicted octanol–water partition coefficient (Wildman–Crippen LogP) is 3.50. The zero-order chi connectivity index (χ0) is 13.2. The SMILES string of the molecule is CC(NCc1cc(Br)c2c(c1)OCCCO2)C1CC1. The third-order valence-electron chi connectivity index (χ3n) is 3.82. The van der Waals surface area contributed by atoms with Gasteiger partial charge in [-0.2, -0.15) is 0 Å². The lowest BCUT2D eigenvalue weighted by atomic mass is 10.1. The minimum Gasteiger partial charge on any atom is -0.490 e. The molecule has 1 saturated carbocycles. The van der Waals surface area contributed by atoms with Crippen LogP contribution in [0.1, 0.15) is 31.7 Å². The molecule has 19 heavy (non-hydrogen) atoms. The van der Waals surface area contributed by atoms with Gasteiger partial charge in [-0.05, 0) is 59.3 Å². The van der Waals surface area contributed by atoms with Crippen LogP contribution in [0.2, 0.25) is 0 Å².